The SMILES string of the molecule is Cc1ccc(Cn2nc(C)c(C=CC(=O)OCc3nc4ccccc4c(=O)n3CC#N)c2Cl)cc1. The fraction of sp³-hybridized carbons (Fsp3) is 0.192. The van der Waals surface area contributed by atoms with Gasteiger partial charge >= 0.3 is 5.97 Å². The number of carbonyl (C=O) groups excluding carboxylic acids is 1. The van der Waals surface area contributed by atoms with Crippen molar-refractivity contribution in [2.75, 3.05) is 0 Å². The molecule has 0 bridgehead atoms. The predicted molar refractivity (Wildman–Crippen MR) is 133 cm³/mol. The molecule has 0 atom stereocenters. The second-order valence-electron chi connectivity index (χ2n) is 7.97. The summed E-state index contributed by atoms with van der Waals surface area (Å²) in [4.78, 5) is 29.5. The Morgan fingerprint density at radius 1 is 1.17 bits per heavy atom. The van der Waals surface area contributed by atoms with Gasteiger partial charge in [0, 0.05) is 11.6 Å². The van der Waals surface area contributed by atoms with Gasteiger partial charge in [0.25, 0.3) is 5.56 Å². The molecule has 2 aromatic heterocycles. The van der Waals surface area contributed by atoms with E-state index < -0.39 is 5.97 Å². The first-order valence-electron chi connectivity index (χ1n) is 10.9. The van der Waals surface area contributed by atoms with E-state index in [0.717, 1.165) is 5.56 Å². The number of para-hydroxylation sites is 1. The zero-order valence-electron chi connectivity index (χ0n) is 19.2. The number of benzene rings is 2. The van der Waals surface area contributed by atoms with Crippen LogP contribution in [0.5, 0.6) is 0 Å². The third kappa shape index (κ3) is 5.31. The summed E-state index contributed by atoms with van der Waals surface area (Å²) in [5, 5.41) is 14.4. The summed E-state index contributed by atoms with van der Waals surface area (Å²) < 4.78 is 8.18. The van der Waals surface area contributed by atoms with Gasteiger partial charge in [0.05, 0.1) is 29.2 Å². The van der Waals surface area contributed by atoms with Crippen LogP contribution in [0.3, 0.4) is 0 Å². The first kappa shape index (κ1) is 23.9. The zero-order chi connectivity index (χ0) is 24.9. The van der Waals surface area contributed by atoms with E-state index in [1.807, 2.05) is 44.2 Å². The Morgan fingerprint density at radius 3 is 2.66 bits per heavy atom. The average Bonchev–Trinajstić information content (AvgIpc) is 3.11. The molecule has 0 unspecified atom stereocenters. The van der Waals surface area contributed by atoms with Gasteiger partial charge in [-0.2, -0.15) is 10.4 Å². The number of esters is 1. The van der Waals surface area contributed by atoms with Gasteiger partial charge in [0.1, 0.15) is 18.3 Å². The third-order valence-electron chi connectivity index (χ3n) is 5.46. The van der Waals surface area contributed by atoms with Crippen LogP contribution < -0.4 is 5.56 Å². The number of nitriles is 1. The van der Waals surface area contributed by atoms with Crippen molar-refractivity contribution in [2.45, 2.75) is 33.5 Å². The van der Waals surface area contributed by atoms with E-state index in [0.29, 0.717) is 33.9 Å². The standard InChI is InChI=1S/C26H22ClN5O3/c1-17-7-9-19(10-8-17)15-32-25(27)20(18(2)30-32)11-12-24(33)35-16-23-29-22-6-4-3-5-21(22)26(34)31(23)14-13-28/h3-12H,14-16H2,1-2H3. The van der Waals surface area contributed by atoms with Crippen LogP contribution >= 0.6 is 11.6 Å². The Labute approximate surface area is 206 Å². The predicted octanol–water partition coefficient (Wildman–Crippen LogP) is 4.19. The summed E-state index contributed by atoms with van der Waals surface area (Å²) in [6.45, 7) is 3.87. The molecule has 2 aromatic carbocycles. The molecule has 0 saturated heterocycles. The molecule has 2 heterocycles. The molecular weight excluding hydrogens is 466 g/mol. The first-order valence-corrected chi connectivity index (χ1v) is 11.2. The van der Waals surface area contributed by atoms with Crippen LogP contribution in [0.2, 0.25) is 5.15 Å². The summed E-state index contributed by atoms with van der Waals surface area (Å²) in [5.41, 5.74) is 3.62. The Hall–Kier alpha value is -4.22. The van der Waals surface area contributed by atoms with Crippen molar-refractivity contribution < 1.29 is 9.53 Å². The summed E-state index contributed by atoms with van der Waals surface area (Å²) >= 11 is 6.51. The van der Waals surface area contributed by atoms with Crippen molar-refractivity contribution in [1.82, 2.24) is 19.3 Å². The number of carbonyl (C=O) groups is 1. The molecule has 0 aliphatic rings. The molecule has 0 amide bonds. The van der Waals surface area contributed by atoms with E-state index in [-0.39, 0.29) is 24.5 Å². The van der Waals surface area contributed by atoms with E-state index in [4.69, 9.17) is 21.6 Å². The Kier molecular flexibility index (Phi) is 7.09. The number of aryl methyl sites for hydroxylation is 2. The maximum atomic E-state index is 12.7. The quantitative estimate of drug-likeness (QED) is 0.286. The van der Waals surface area contributed by atoms with Crippen LogP contribution in [-0.4, -0.2) is 25.3 Å². The molecule has 0 radical (unpaired) electrons. The molecular formula is C26H22ClN5O3. The fourth-order valence-electron chi connectivity index (χ4n) is 3.62. The third-order valence-corrected chi connectivity index (χ3v) is 5.86. The minimum Gasteiger partial charge on any atom is -0.454 e. The van der Waals surface area contributed by atoms with Crippen LogP contribution in [0.1, 0.15) is 28.2 Å². The van der Waals surface area contributed by atoms with Crippen molar-refractivity contribution in [3.63, 3.8) is 0 Å². The lowest BCUT2D eigenvalue weighted by Crippen LogP contribution is -2.26. The highest BCUT2D eigenvalue weighted by molar-refractivity contribution is 6.31. The highest BCUT2D eigenvalue weighted by atomic mass is 35.5. The lowest BCUT2D eigenvalue weighted by molar-refractivity contribution is -0.139. The molecule has 0 aliphatic heterocycles. The second-order valence-corrected chi connectivity index (χ2v) is 8.33. The number of hydrogen-bond donors (Lipinski definition) is 0. The van der Waals surface area contributed by atoms with E-state index in [2.05, 4.69) is 10.1 Å². The molecule has 9 heteroatoms. The van der Waals surface area contributed by atoms with E-state index >= 15 is 0 Å². The molecule has 0 spiro atoms. The highest BCUT2D eigenvalue weighted by Crippen LogP contribution is 2.22. The number of ether oxygens (including phenoxy) is 1. The minimum absolute atomic E-state index is 0.192. The number of aromatic nitrogens is 4. The van der Waals surface area contributed by atoms with Crippen molar-refractivity contribution >= 4 is 34.5 Å². The molecule has 4 rings (SSSR count). The van der Waals surface area contributed by atoms with Gasteiger partial charge in [0.2, 0.25) is 0 Å². The molecule has 35 heavy (non-hydrogen) atoms. The summed E-state index contributed by atoms with van der Waals surface area (Å²) in [6, 6.07) is 16.8. The molecule has 4 aromatic rings. The van der Waals surface area contributed by atoms with E-state index in [1.54, 1.807) is 35.0 Å². The Bertz CT molecular complexity index is 1530. The summed E-state index contributed by atoms with van der Waals surface area (Å²) in [5.74, 6) is -0.449. The van der Waals surface area contributed by atoms with Gasteiger partial charge in [-0.1, -0.05) is 53.6 Å². The molecule has 8 nitrogen and oxygen atoms in total. The zero-order valence-corrected chi connectivity index (χ0v) is 20.0. The lowest BCUT2D eigenvalue weighted by atomic mass is 10.1. The van der Waals surface area contributed by atoms with Crippen molar-refractivity contribution in [3.05, 3.63) is 98.3 Å². The van der Waals surface area contributed by atoms with Crippen molar-refractivity contribution in [1.29, 1.82) is 5.26 Å². The second kappa shape index (κ2) is 10.4. The summed E-state index contributed by atoms with van der Waals surface area (Å²) in [6.07, 6.45) is 2.80. The van der Waals surface area contributed by atoms with Gasteiger partial charge in [0.15, 0.2) is 5.82 Å². The molecule has 0 aliphatic carbocycles. The van der Waals surface area contributed by atoms with Gasteiger partial charge in [-0.3, -0.25) is 9.36 Å². The average molecular weight is 488 g/mol. The molecule has 176 valence electrons. The monoisotopic (exact) mass is 487 g/mol. The molecule has 0 saturated carbocycles. The summed E-state index contributed by atoms with van der Waals surface area (Å²) in [7, 11) is 0. The number of halogens is 1. The van der Waals surface area contributed by atoms with Gasteiger partial charge in [-0.05, 0) is 37.6 Å². The van der Waals surface area contributed by atoms with Crippen LogP contribution in [-0.2, 0) is 29.2 Å². The van der Waals surface area contributed by atoms with Gasteiger partial charge in [-0.25, -0.2) is 14.5 Å². The highest BCUT2D eigenvalue weighted by Gasteiger charge is 2.14. The lowest BCUT2D eigenvalue weighted by Gasteiger charge is -2.10. The molecule has 0 N–H and O–H groups in total. The molecule has 0 fully saturated rings. The van der Waals surface area contributed by atoms with E-state index in [1.165, 1.54) is 16.2 Å². The van der Waals surface area contributed by atoms with Crippen LogP contribution in [0.4, 0.5) is 0 Å². The first-order chi connectivity index (χ1) is 16.9. The van der Waals surface area contributed by atoms with Crippen molar-refractivity contribution in [3.8, 4) is 6.07 Å². The minimum atomic E-state index is -0.641. The smallest absolute Gasteiger partial charge is 0.331 e. The normalized spacial score (nSPS) is 11.1. The number of rotatable bonds is 7. The van der Waals surface area contributed by atoms with Crippen molar-refractivity contribution in [2.24, 2.45) is 0 Å². The maximum absolute atomic E-state index is 12.7. The largest absolute Gasteiger partial charge is 0.454 e. The van der Waals surface area contributed by atoms with Crippen LogP contribution in [0, 0.1) is 25.2 Å². The van der Waals surface area contributed by atoms with Gasteiger partial charge in [-0.15, -0.1) is 0 Å². The van der Waals surface area contributed by atoms with Gasteiger partial charge < -0.3 is 4.74 Å². The number of nitrogens with zero attached hydrogens (tertiary/aromatic N) is 5. The Morgan fingerprint density at radius 2 is 1.91 bits per heavy atom. The van der Waals surface area contributed by atoms with E-state index in [9.17, 15) is 9.59 Å². The topological polar surface area (TPSA) is 103 Å². The van der Waals surface area contributed by atoms with Crippen LogP contribution in [0.15, 0.2) is 59.4 Å². The maximum Gasteiger partial charge on any atom is 0.331 e. The Balaban J connectivity index is 1.49. The number of hydrogen-bond acceptors (Lipinski definition) is 6. The fourth-order valence-corrected chi connectivity index (χ4v) is 3.92. The number of fused-ring (bicyclic) bond motifs is 1. The van der Waals surface area contributed by atoms with Crippen LogP contribution in [0.25, 0.3) is 17.0 Å².